The summed E-state index contributed by atoms with van der Waals surface area (Å²) in [5.74, 6) is 0.0141. The van der Waals surface area contributed by atoms with Crippen LogP contribution in [0.1, 0.15) is 47.5 Å². The summed E-state index contributed by atoms with van der Waals surface area (Å²) < 4.78 is 11.5. The lowest BCUT2D eigenvalue weighted by atomic mass is 10.0. The molecule has 0 aromatic carbocycles. The maximum Gasteiger partial charge on any atom is 0.151 e. The molecule has 0 spiro atoms. The summed E-state index contributed by atoms with van der Waals surface area (Å²) in [5.41, 5.74) is 10.3. The van der Waals surface area contributed by atoms with E-state index in [4.69, 9.17) is 20.9 Å². The van der Waals surface area contributed by atoms with E-state index in [-0.39, 0.29) is 11.4 Å². The van der Waals surface area contributed by atoms with Crippen LogP contribution in [0.2, 0.25) is 0 Å². The zero-order valence-corrected chi connectivity index (χ0v) is 13.0. The van der Waals surface area contributed by atoms with Crippen LogP contribution >= 0.6 is 0 Å². The average molecular weight is 274 g/mol. The minimum absolute atomic E-state index is 0.0141. The van der Waals surface area contributed by atoms with Crippen LogP contribution in [0.3, 0.4) is 0 Å². The Morgan fingerprint density at radius 2 is 1.74 bits per heavy atom. The molecule has 0 aliphatic carbocycles. The lowest BCUT2D eigenvalue weighted by molar-refractivity contribution is -0.131. The highest BCUT2D eigenvalue weighted by molar-refractivity contribution is 5.83. The largest absolute Gasteiger partial charge is 0.373 e. The van der Waals surface area contributed by atoms with Crippen molar-refractivity contribution in [1.29, 1.82) is 0 Å². The van der Waals surface area contributed by atoms with E-state index in [0.717, 1.165) is 6.42 Å². The van der Waals surface area contributed by atoms with Crippen LogP contribution in [-0.2, 0) is 14.3 Å². The van der Waals surface area contributed by atoms with Crippen molar-refractivity contribution < 1.29 is 14.3 Å². The Hall–Kier alpha value is -0.490. The first kappa shape index (κ1) is 18.5. The highest BCUT2D eigenvalue weighted by Crippen LogP contribution is 2.18. The molecule has 4 N–H and O–H groups in total. The van der Waals surface area contributed by atoms with Crippen LogP contribution in [0.5, 0.6) is 0 Å². The van der Waals surface area contributed by atoms with Crippen molar-refractivity contribution in [2.75, 3.05) is 19.8 Å². The minimum Gasteiger partial charge on any atom is -0.373 e. The van der Waals surface area contributed by atoms with E-state index in [2.05, 4.69) is 0 Å². The average Bonchev–Trinajstić information content (AvgIpc) is 2.26. The van der Waals surface area contributed by atoms with Crippen molar-refractivity contribution in [2.24, 2.45) is 11.5 Å². The fourth-order valence-corrected chi connectivity index (χ4v) is 1.49. The van der Waals surface area contributed by atoms with Gasteiger partial charge in [0.05, 0.1) is 30.5 Å². The standard InChI is InChI=1S/C14H30N2O3/c1-11(16)12(17)6-9-18-14(4,5)10-19-13(2,3)7-8-15/h11H,6-10,15-16H2,1-5H3. The van der Waals surface area contributed by atoms with Gasteiger partial charge < -0.3 is 20.9 Å². The summed E-state index contributed by atoms with van der Waals surface area (Å²) in [6.07, 6.45) is 1.14. The molecule has 0 radical (unpaired) electrons. The monoisotopic (exact) mass is 274 g/mol. The van der Waals surface area contributed by atoms with Gasteiger partial charge in [-0.15, -0.1) is 0 Å². The Balaban J connectivity index is 4.02. The number of rotatable bonds is 10. The van der Waals surface area contributed by atoms with Crippen LogP contribution < -0.4 is 11.5 Å². The third kappa shape index (κ3) is 9.10. The smallest absolute Gasteiger partial charge is 0.151 e. The van der Waals surface area contributed by atoms with E-state index < -0.39 is 11.6 Å². The van der Waals surface area contributed by atoms with E-state index in [1.807, 2.05) is 27.7 Å². The van der Waals surface area contributed by atoms with Gasteiger partial charge in [0.15, 0.2) is 5.78 Å². The fourth-order valence-electron chi connectivity index (χ4n) is 1.49. The molecule has 114 valence electrons. The van der Waals surface area contributed by atoms with Crippen molar-refractivity contribution in [2.45, 2.75) is 64.7 Å². The van der Waals surface area contributed by atoms with Gasteiger partial charge in [0.1, 0.15) is 0 Å². The van der Waals surface area contributed by atoms with Gasteiger partial charge >= 0.3 is 0 Å². The van der Waals surface area contributed by atoms with Gasteiger partial charge in [-0.3, -0.25) is 4.79 Å². The lowest BCUT2D eigenvalue weighted by Gasteiger charge is -2.32. The molecule has 0 heterocycles. The SMILES string of the molecule is CC(N)C(=O)CCOC(C)(C)COC(C)(C)CCN. The lowest BCUT2D eigenvalue weighted by Crippen LogP contribution is -2.38. The zero-order valence-electron chi connectivity index (χ0n) is 13.0. The molecular weight excluding hydrogens is 244 g/mol. The van der Waals surface area contributed by atoms with Crippen LogP contribution in [0.4, 0.5) is 0 Å². The molecule has 1 unspecified atom stereocenters. The number of hydrogen-bond acceptors (Lipinski definition) is 5. The number of carbonyl (C=O) groups is 1. The first-order chi connectivity index (χ1) is 8.59. The van der Waals surface area contributed by atoms with Gasteiger partial charge in [0.2, 0.25) is 0 Å². The van der Waals surface area contributed by atoms with Gasteiger partial charge in [-0.05, 0) is 47.6 Å². The van der Waals surface area contributed by atoms with Crippen LogP contribution in [0.25, 0.3) is 0 Å². The molecule has 0 aromatic rings. The molecule has 5 nitrogen and oxygen atoms in total. The van der Waals surface area contributed by atoms with Gasteiger partial charge in [0.25, 0.3) is 0 Å². The Kier molecular flexibility index (Phi) is 7.74. The second-order valence-electron chi connectivity index (χ2n) is 6.20. The topological polar surface area (TPSA) is 87.6 Å². The fraction of sp³-hybridized carbons (Fsp3) is 0.929. The second-order valence-corrected chi connectivity index (χ2v) is 6.20. The summed E-state index contributed by atoms with van der Waals surface area (Å²) in [7, 11) is 0. The highest BCUT2D eigenvalue weighted by atomic mass is 16.6. The molecule has 0 bridgehead atoms. The molecule has 0 aromatic heterocycles. The Bertz CT molecular complexity index is 276. The van der Waals surface area contributed by atoms with E-state index in [1.165, 1.54) is 0 Å². The first-order valence-electron chi connectivity index (χ1n) is 6.86. The van der Waals surface area contributed by atoms with Crippen LogP contribution in [0.15, 0.2) is 0 Å². The molecule has 0 saturated heterocycles. The second kappa shape index (κ2) is 7.94. The molecule has 19 heavy (non-hydrogen) atoms. The summed E-state index contributed by atoms with van der Waals surface area (Å²) in [6, 6.07) is -0.425. The summed E-state index contributed by atoms with van der Waals surface area (Å²) in [6.45, 7) is 11.0. The molecule has 0 aliphatic heterocycles. The van der Waals surface area contributed by atoms with Crippen molar-refractivity contribution in [3.05, 3.63) is 0 Å². The summed E-state index contributed by atoms with van der Waals surface area (Å²) >= 11 is 0. The Morgan fingerprint density at radius 1 is 1.16 bits per heavy atom. The normalized spacial score (nSPS) is 14.5. The number of carbonyl (C=O) groups excluding carboxylic acids is 1. The number of hydrogen-bond donors (Lipinski definition) is 2. The zero-order chi connectivity index (χ0) is 15.1. The van der Waals surface area contributed by atoms with E-state index in [1.54, 1.807) is 6.92 Å². The third-order valence-corrected chi connectivity index (χ3v) is 2.91. The molecule has 5 heteroatoms. The number of ether oxygens (including phenoxy) is 2. The predicted octanol–water partition coefficient (Wildman–Crippen LogP) is 1.23. The van der Waals surface area contributed by atoms with Crippen LogP contribution in [-0.4, -0.2) is 42.8 Å². The third-order valence-electron chi connectivity index (χ3n) is 2.91. The quantitative estimate of drug-likeness (QED) is 0.625. The maximum atomic E-state index is 11.4. The van der Waals surface area contributed by atoms with Crippen molar-refractivity contribution in [3.8, 4) is 0 Å². The number of ketones is 1. The van der Waals surface area contributed by atoms with E-state index in [9.17, 15) is 4.79 Å². The molecular formula is C14H30N2O3. The van der Waals surface area contributed by atoms with Gasteiger partial charge in [-0.25, -0.2) is 0 Å². The van der Waals surface area contributed by atoms with Crippen LogP contribution in [0, 0.1) is 0 Å². The molecule has 1 atom stereocenters. The molecule has 0 rings (SSSR count). The van der Waals surface area contributed by atoms with E-state index >= 15 is 0 Å². The summed E-state index contributed by atoms with van der Waals surface area (Å²) in [4.78, 5) is 11.4. The van der Waals surface area contributed by atoms with Gasteiger partial charge in [-0.2, -0.15) is 0 Å². The number of nitrogens with two attached hydrogens (primary N) is 2. The van der Waals surface area contributed by atoms with Gasteiger partial charge in [0, 0.05) is 6.42 Å². The highest BCUT2D eigenvalue weighted by Gasteiger charge is 2.25. The Labute approximate surface area is 117 Å². The molecule has 0 fully saturated rings. The number of Topliss-reactive ketones (excluding diaryl/α,β-unsaturated/α-hetero) is 1. The van der Waals surface area contributed by atoms with Crippen molar-refractivity contribution in [1.82, 2.24) is 0 Å². The Morgan fingerprint density at radius 3 is 2.21 bits per heavy atom. The molecule has 0 saturated carbocycles. The van der Waals surface area contributed by atoms with Crippen molar-refractivity contribution in [3.63, 3.8) is 0 Å². The van der Waals surface area contributed by atoms with Crippen molar-refractivity contribution >= 4 is 5.78 Å². The summed E-state index contributed by atoms with van der Waals surface area (Å²) in [5, 5.41) is 0. The maximum absolute atomic E-state index is 11.4. The molecule has 0 amide bonds. The van der Waals surface area contributed by atoms with Gasteiger partial charge in [-0.1, -0.05) is 0 Å². The molecule has 0 aliphatic rings. The van der Waals surface area contributed by atoms with E-state index in [0.29, 0.717) is 26.2 Å². The predicted molar refractivity (Wildman–Crippen MR) is 77.0 cm³/mol. The first-order valence-corrected chi connectivity index (χ1v) is 6.86. The minimum atomic E-state index is -0.427.